The highest BCUT2D eigenvalue weighted by atomic mass is 16.7. The van der Waals surface area contributed by atoms with Gasteiger partial charge in [0, 0.05) is 0 Å². The van der Waals surface area contributed by atoms with Crippen LogP contribution in [0.1, 0.15) is 10.5 Å². The zero-order chi connectivity index (χ0) is 22.9. The first kappa shape index (κ1) is 23.7. The molecule has 3 rings (SSSR count). The minimum Gasteiger partial charge on any atom is -0.394 e. The van der Waals surface area contributed by atoms with E-state index in [1.807, 2.05) is 0 Å². The number of aliphatic hydroxyl groups excluding tert-OH is 7. The maximum Gasteiger partial charge on any atom is 0.269 e. The number of ether oxygens (including phenoxy) is 3. The number of nitrogens with two attached hydrogens (primary N) is 1. The summed E-state index contributed by atoms with van der Waals surface area (Å²) < 4.78 is 16.2. The van der Waals surface area contributed by atoms with E-state index in [-0.39, 0.29) is 11.5 Å². The summed E-state index contributed by atoms with van der Waals surface area (Å²) in [6, 6.07) is 0. The number of rotatable bonds is 7. The van der Waals surface area contributed by atoms with Crippen LogP contribution in [-0.4, -0.2) is 126 Å². The SMILES string of the molecule is NC(=O)c1[nH]cnc1N[C@@H]1O[C@H](CO)[C@@H](O[C@@H]2O[C@H](CO)[C@H](O)[C@H](O)[C@H]2O)[C@H](O)[C@H]1O. The number of anilines is 1. The number of carbonyl (C=O) groups excluding carboxylic acids is 1. The minimum absolute atomic E-state index is 0.0614. The molecule has 15 heteroatoms. The second kappa shape index (κ2) is 9.70. The molecule has 11 N–H and O–H groups in total. The van der Waals surface area contributed by atoms with Crippen LogP contribution >= 0.6 is 0 Å². The quantitative estimate of drug-likeness (QED) is 0.186. The summed E-state index contributed by atoms with van der Waals surface area (Å²) in [5, 5.41) is 72.4. The monoisotopic (exact) mass is 450 g/mol. The fraction of sp³-hybridized carbons (Fsp3) is 0.750. The number of nitrogens with zero attached hydrogens (tertiary/aromatic N) is 1. The van der Waals surface area contributed by atoms with Crippen LogP contribution in [0.5, 0.6) is 0 Å². The van der Waals surface area contributed by atoms with Crippen molar-refractivity contribution in [2.24, 2.45) is 5.73 Å². The molecule has 0 unspecified atom stereocenters. The highest BCUT2D eigenvalue weighted by molar-refractivity contribution is 5.95. The van der Waals surface area contributed by atoms with Gasteiger partial charge in [-0.1, -0.05) is 0 Å². The van der Waals surface area contributed by atoms with Crippen LogP contribution in [0.2, 0.25) is 0 Å². The van der Waals surface area contributed by atoms with Crippen LogP contribution in [-0.2, 0) is 14.2 Å². The molecule has 0 aliphatic carbocycles. The lowest BCUT2D eigenvalue weighted by molar-refractivity contribution is -0.340. The predicted octanol–water partition coefficient (Wildman–Crippen LogP) is -5.46. The van der Waals surface area contributed by atoms with Crippen LogP contribution in [0.4, 0.5) is 5.82 Å². The van der Waals surface area contributed by atoms with E-state index in [1.54, 1.807) is 0 Å². The second-order valence-electron chi connectivity index (χ2n) is 7.19. The molecular weight excluding hydrogens is 424 g/mol. The Labute approximate surface area is 175 Å². The number of carbonyl (C=O) groups is 1. The molecule has 1 amide bonds. The Balaban J connectivity index is 1.73. The maximum atomic E-state index is 11.4. The molecule has 31 heavy (non-hydrogen) atoms. The molecule has 2 saturated heterocycles. The van der Waals surface area contributed by atoms with Crippen LogP contribution in [0.25, 0.3) is 0 Å². The van der Waals surface area contributed by atoms with Crippen molar-refractivity contribution in [3.63, 3.8) is 0 Å². The maximum absolute atomic E-state index is 11.4. The summed E-state index contributed by atoms with van der Waals surface area (Å²) >= 11 is 0. The number of aromatic nitrogens is 2. The smallest absolute Gasteiger partial charge is 0.269 e. The average Bonchev–Trinajstić information content (AvgIpc) is 3.21. The largest absolute Gasteiger partial charge is 0.394 e. The van der Waals surface area contributed by atoms with Gasteiger partial charge >= 0.3 is 0 Å². The third kappa shape index (κ3) is 4.65. The molecule has 1 aromatic rings. The lowest BCUT2D eigenvalue weighted by Crippen LogP contribution is -2.65. The van der Waals surface area contributed by atoms with Crippen LogP contribution in [0.3, 0.4) is 0 Å². The summed E-state index contributed by atoms with van der Waals surface area (Å²) in [5.74, 6) is -0.901. The first-order chi connectivity index (χ1) is 14.7. The Morgan fingerprint density at radius 2 is 1.71 bits per heavy atom. The number of nitrogens with one attached hydrogen (secondary N) is 2. The number of amides is 1. The van der Waals surface area contributed by atoms with Gasteiger partial charge in [0.2, 0.25) is 0 Å². The molecule has 176 valence electrons. The highest BCUT2D eigenvalue weighted by Crippen LogP contribution is 2.29. The van der Waals surface area contributed by atoms with Crippen molar-refractivity contribution in [2.45, 2.75) is 61.3 Å². The van der Waals surface area contributed by atoms with Gasteiger partial charge in [-0.2, -0.15) is 0 Å². The van der Waals surface area contributed by atoms with Crippen molar-refractivity contribution in [2.75, 3.05) is 18.5 Å². The van der Waals surface area contributed by atoms with Gasteiger partial charge in [0.15, 0.2) is 18.3 Å². The van der Waals surface area contributed by atoms with E-state index in [0.29, 0.717) is 0 Å². The predicted molar refractivity (Wildman–Crippen MR) is 97.1 cm³/mol. The Hall–Kier alpha value is -1.92. The number of hydrogen-bond acceptors (Lipinski definition) is 13. The normalized spacial score (nSPS) is 41.1. The van der Waals surface area contributed by atoms with Gasteiger partial charge in [-0.05, 0) is 0 Å². The Kier molecular flexibility index (Phi) is 7.43. The Morgan fingerprint density at radius 3 is 2.32 bits per heavy atom. The number of aromatic amines is 1. The van der Waals surface area contributed by atoms with Gasteiger partial charge in [-0.3, -0.25) is 4.79 Å². The number of aliphatic hydroxyl groups is 7. The molecule has 2 aliphatic rings. The standard InChI is InChI=1S/C16H26N4O11/c17-13(28)6-14(19-3-18-6)20-15-10(26)9(25)12(5(2-22)29-15)31-16-11(27)8(24)7(23)4(1-21)30-16/h3-5,7-12,15-16,20-27H,1-2H2,(H2,17,28)(H,18,19)/t4-,5-,7+,8+,9-,10-,11-,12-,15-,16+/m1/s1. The van der Waals surface area contributed by atoms with Crippen molar-refractivity contribution in [1.82, 2.24) is 9.97 Å². The summed E-state index contributed by atoms with van der Waals surface area (Å²) in [6.45, 7) is -1.40. The van der Waals surface area contributed by atoms with E-state index in [2.05, 4.69) is 15.3 Å². The first-order valence-electron chi connectivity index (χ1n) is 9.37. The molecule has 1 aromatic heterocycles. The van der Waals surface area contributed by atoms with Gasteiger partial charge in [0.1, 0.15) is 54.5 Å². The van der Waals surface area contributed by atoms with Gasteiger partial charge in [-0.25, -0.2) is 4.98 Å². The lowest BCUT2D eigenvalue weighted by Gasteiger charge is -2.46. The fourth-order valence-corrected chi connectivity index (χ4v) is 3.44. The molecule has 2 aliphatic heterocycles. The van der Waals surface area contributed by atoms with Gasteiger partial charge in [0.25, 0.3) is 5.91 Å². The molecular formula is C16H26N4O11. The highest BCUT2D eigenvalue weighted by Gasteiger charge is 2.50. The molecule has 15 nitrogen and oxygen atoms in total. The van der Waals surface area contributed by atoms with E-state index in [0.717, 1.165) is 0 Å². The number of primary amides is 1. The summed E-state index contributed by atoms with van der Waals surface area (Å²) in [7, 11) is 0. The van der Waals surface area contributed by atoms with E-state index in [1.165, 1.54) is 6.33 Å². The molecule has 10 atom stereocenters. The summed E-state index contributed by atoms with van der Waals surface area (Å²) in [6.07, 6.45) is -14.3. The lowest BCUT2D eigenvalue weighted by atomic mass is 9.96. The molecule has 0 bridgehead atoms. The van der Waals surface area contributed by atoms with Gasteiger partial charge in [-0.15, -0.1) is 0 Å². The molecule has 0 aromatic carbocycles. The Bertz CT molecular complexity index is 747. The summed E-state index contributed by atoms with van der Waals surface area (Å²) in [5.41, 5.74) is 5.10. The van der Waals surface area contributed by atoms with Gasteiger partial charge < -0.3 is 66.0 Å². The fourth-order valence-electron chi connectivity index (χ4n) is 3.44. The van der Waals surface area contributed by atoms with E-state index in [9.17, 15) is 40.5 Å². The van der Waals surface area contributed by atoms with Crippen molar-refractivity contribution in [3.05, 3.63) is 12.0 Å². The third-order valence-electron chi connectivity index (χ3n) is 5.17. The number of H-pyrrole nitrogens is 1. The zero-order valence-corrected chi connectivity index (χ0v) is 16.1. The van der Waals surface area contributed by atoms with E-state index >= 15 is 0 Å². The molecule has 0 spiro atoms. The van der Waals surface area contributed by atoms with Crippen molar-refractivity contribution in [3.8, 4) is 0 Å². The first-order valence-corrected chi connectivity index (χ1v) is 9.37. The summed E-state index contributed by atoms with van der Waals surface area (Å²) in [4.78, 5) is 17.7. The average molecular weight is 450 g/mol. The molecule has 0 radical (unpaired) electrons. The van der Waals surface area contributed by atoms with Crippen LogP contribution in [0.15, 0.2) is 6.33 Å². The second-order valence-corrected chi connectivity index (χ2v) is 7.19. The van der Waals surface area contributed by atoms with Gasteiger partial charge in [0.05, 0.1) is 19.5 Å². The third-order valence-corrected chi connectivity index (χ3v) is 5.17. The zero-order valence-electron chi connectivity index (χ0n) is 16.1. The molecule has 0 saturated carbocycles. The number of imidazole rings is 1. The number of hydrogen-bond donors (Lipinski definition) is 10. The van der Waals surface area contributed by atoms with E-state index in [4.69, 9.17) is 19.9 Å². The topological polar surface area (TPSA) is 253 Å². The van der Waals surface area contributed by atoms with Crippen LogP contribution in [0, 0.1) is 0 Å². The molecule has 3 heterocycles. The van der Waals surface area contributed by atoms with Crippen LogP contribution < -0.4 is 11.1 Å². The molecule has 2 fully saturated rings. The van der Waals surface area contributed by atoms with Crippen molar-refractivity contribution in [1.29, 1.82) is 0 Å². The minimum atomic E-state index is -1.76. The van der Waals surface area contributed by atoms with Crippen molar-refractivity contribution < 1.29 is 54.8 Å². The Morgan fingerprint density at radius 1 is 1.03 bits per heavy atom. The van der Waals surface area contributed by atoms with E-state index < -0.39 is 80.5 Å². The van der Waals surface area contributed by atoms with Crippen molar-refractivity contribution >= 4 is 11.7 Å².